The summed E-state index contributed by atoms with van der Waals surface area (Å²) in [5.41, 5.74) is 0. The summed E-state index contributed by atoms with van der Waals surface area (Å²) < 4.78 is 0. The molecule has 1 fully saturated rings. The van der Waals surface area contributed by atoms with E-state index in [1.54, 1.807) is 6.08 Å². The lowest BCUT2D eigenvalue weighted by atomic mass is 10.1. The number of carbonyl (C=O) groups is 1. The van der Waals surface area contributed by atoms with Gasteiger partial charge < -0.3 is 4.90 Å². The molecule has 21 heavy (non-hydrogen) atoms. The van der Waals surface area contributed by atoms with Gasteiger partial charge in [0.2, 0.25) is 5.91 Å². The molecule has 0 aromatic rings. The minimum absolute atomic E-state index is 0.212. The Morgan fingerprint density at radius 2 is 1.38 bits per heavy atom. The zero-order valence-electron chi connectivity index (χ0n) is 14.1. The van der Waals surface area contributed by atoms with Gasteiger partial charge in [0, 0.05) is 13.1 Å². The van der Waals surface area contributed by atoms with Crippen molar-refractivity contribution in [2.75, 3.05) is 13.1 Å². The number of carbonyl (C=O) groups excluding carboxylic acids is 1. The second-order valence-corrected chi connectivity index (χ2v) is 6.41. The lowest BCUT2D eigenvalue weighted by molar-refractivity contribution is -0.129. The van der Waals surface area contributed by atoms with Crippen LogP contribution in [-0.2, 0) is 4.79 Å². The van der Waals surface area contributed by atoms with Gasteiger partial charge in [0.1, 0.15) is 0 Å². The molecule has 0 bridgehead atoms. The van der Waals surface area contributed by atoms with Crippen LogP contribution in [0.4, 0.5) is 0 Å². The van der Waals surface area contributed by atoms with Gasteiger partial charge in [-0.2, -0.15) is 0 Å². The van der Waals surface area contributed by atoms with Gasteiger partial charge in [0.05, 0.1) is 0 Å². The molecule has 0 N–H and O–H groups in total. The van der Waals surface area contributed by atoms with Crippen molar-refractivity contribution in [3.8, 4) is 0 Å². The van der Waals surface area contributed by atoms with E-state index in [0.717, 1.165) is 19.5 Å². The molecule has 1 aliphatic rings. The molecule has 1 saturated heterocycles. The van der Waals surface area contributed by atoms with Gasteiger partial charge in [-0.25, -0.2) is 0 Å². The van der Waals surface area contributed by atoms with E-state index in [-0.39, 0.29) is 5.91 Å². The van der Waals surface area contributed by atoms with Crippen molar-refractivity contribution in [3.05, 3.63) is 12.2 Å². The molecule has 2 heteroatoms. The monoisotopic (exact) mass is 293 g/mol. The molecule has 1 aliphatic heterocycles. The van der Waals surface area contributed by atoms with E-state index in [1.165, 1.54) is 77.0 Å². The summed E-state index contributed by atoms with van der Waals surface area (Å²) in [5.74, 6) is 0.212. The number of likely N-dealkylation sites (tertiary alicyclic amines) is 1. The second-order valence-electron chi connectivity index (χ2n) is 6.41. The van der Waals surface area contributed by atoms with Crippen molar-refractivity contribution in [2.24, 2.45) is 0 Å². The number of amides is 1. The molecule has 2 nitrogen and oxygen atoms in total. The number of hydrogen-bond donors (Lipinski definition) is 0. The van der Waals surface area contributed by atoms with Crippen molar-refractivity contribution in [1.82, 2.24) is 4.90 Å². The van der Waals surface area contributed by atoms with E-state index in [9.17, 15) is 4.79 Å². The summed E-state index contributed by atoms with van der Waals surface area (Å²) in [6.45, 7) is 4.19. The second kappa shape index (κ2) is 12.9. The quantitative estimate of drug-likeness (QED) is 0.325. The molecule has 0 spiro atoms. The first-order valence-electron chi connectivity index (χ1n) is 9.30. The van der Waals surface area contributed by atoms with E-state index in [2.05, 4.69) is 13.0 Å². The lowest BCUT2D eigenvalue weighted by Crippen LogP contribution is -2.41. The molecular formula is C19H35NO. The zero-order chi connectivity index (χ0) is 15.2. The first kappa shape index (κ1) is 18.3. The average Bonchev–Trinajstić information content (AvgIpc) is 2.42. The Morgan fingerprint density at radius 3 is 1.86 bits per heavy atom. The number of nitrogens with zero attached hydrogens (tertiary/aromatic N) is 1. The fraction of sp³-hybridized carbons (Fsp3) is 0.842. The van der Waals surface area contributed by atoms with E-state index in [4.69, 9.17) is 0 Å². The molecule has 0 aliphatic carbocycles. The third kappa shape index (κ3) is 9.71. The van der Waals surface area contributed by atoms with Crippen molar-refractivity contribution in [3.63, 3.8) is 0 Å². The van der Waals surface area contributed by atoms with Crippen LogP contribution < -0.4 is 0 Å². The topological polar surface area (TPSA) is 20.3 Å². The summed E-state index contributed by atoms with van der Waals surface area (Å²) in [5, 5.41) is 0. The molecular weight excluding hydrogens is 258 g/mol. The normalized spacial score (nSPS) is 14.6. The number of hydrogen-bond acceptors (Lipinski definition) is 1. The van der Waals surface area contributed by atoms with Crippen LogP contribution in [0, 0.1) is 0 Å². The molecule has 0 radical (unpaired) electrons. The van der Waals surface area contributed by atoms with Gasteiger partial charge in [0.15, 0.2) is 0 Å². The Balaban J connectivity index is 1.76. The van der Waals surface area contributed by atoms with Crippen LogP contribution >= 0.6 is 0 Å². The summed E-state index contributed by atoms with van der Waals surface area (Å²) in [4.78, 5) is 13.5. The summed E-state index contributed by atoms with van der Waals surface area (Å²) >= 11 is 0. The van der Waals surface area contributed by atoms with Gasteiger partial charge in [-0.1, -0.05) is 77.2 Å². The smallest absolute Gasteiger partial charge is 0.246 e. The van der Waals surface area contributed by atoms with Crippen LogP contribution in [-0.4, -0.2) is 23.9 Å². The maximum Gasteiger partial charge on any atom is 0.246 e. The number of allylic oxidation sites excluding steroid dienone is 1. The lowest BCUT2D eigenvalue weighted by Gasteiger charge is -2.29. The molecule has 1 heterocycles. The highest BCUT2D eigenvalue weighted by Crippen LogP contribution is 2.12. The predicted molar refractivity (Wildman–Crippen MR) is 91.4 cm³/mol. The molecule has 0 aromatic heterocycles. The summed E-state index contributed by atoms with van der Waals surface area (Å²) in [6.07, 6.45) is 21.3. The van der Waals surface area contributed by atoms with E-state index >= 15 is 0 Å². The van der Waals surface area contributed by atoms with Gasteiger partial charge in [-0.05, 0) is 25.3 Å². The number of unbranched alkanes of at least 4 members (excludes halogenated alkanes) is 11. The molecule has 0 saturated carbocycles. The summed E-state index contributed by atoms with van der Waals surface area (Å²) in [6, 6.07) is 0. The maximum absolute atomic E-state index is 11.6. The minimum Gasteiger partial charge on any atom is -0.339 e. The standard InChI is InChI=1S/C19H35NO/c1-2-3-4-5-6-7-8-9-10-11-12-13-14-16-19(21)20-17-15-18-20/h14,16H,2-13,15,17-18H2,1H3/b16-14+. The minimum atomic E-state index is 0.212. The van der Waals surface area contributed by atoms with Crippen molar-refractivity contribution < 1.29 is 4.79 Å². The maximum atomic E-state index is 11.6. The van der Waals surface area contributed by atoms with Gasteiger partial charge in [-0.3, -0.25) is 4.79 Å². The molecule has 0 unspecified atom stereocenters. The third-order valence-corrected chi connectivity index (χ3v) is 4.40. The van der Waals surface area contributed by atoms with E-state index < -0.39 is 0 Å². The third-order valence-electron chi connectivity index (χ3n) is 4.40. The highest BCUT2D eigenvalue weighted by Gasteiger charge is 2.16. The van der Waals surface area contributed by atoms with Crippen LogP contribution in [0.5, 0.6) is 0 Å². The van der Waals surface area contributed by atoms with Crippen LogP contribution in [0.25, 0.3) is 0 Å². The fourth-order valence-corrected chi connectivity index (χ4v) is 2.75. The molecule has 122 valence electrons. The fourth-order valence-electron chi connectivity index (χ4n) is 2.75. The summed E-state index contributed by atoms with van der Waals surface area (Å²) in [7, 11) is 0. The average molecular weight is 293 g/mol. The largest absolute Gasteiger partial charge is 0.339 e. The predicted octanol–water partition coefficient (Wildman–Crippen LogP) is 5.48. The molecule has 1 amide bonds. The van der Waals surface area contributed by atoms with Gasteiger partial charge in [0.25, 0.3) is 0 Å². The van der Waals surface area contributed by atoms with Crippen molar-refractivity contribution in [2.45, 2.75) is 90.4 Å². The Kier molecular flexibility index (Phi) is 11.2. The molecule has 0 aromatic carbocycles. The highest BCUT2D eigenvalue weighted by atomic mass is 16.2. The van der Waals surface area contributed by atoms with Crippen LogP contribution in [0.15, 0.2) is 12.2 Å². The first-order chi connectivity index (χ1) is 10.3. The van der Waals surface area contributed by atoms with Crippen LogP contribution in [0.1, 0.15) is 90.4 Å². The van der Waals surface area contributed by atoms with Crippen molar-refractivity contribution in [1.29, 1.82) is 0 Å². The SMILES string of the molecule is CCCCCCCCCCCCC/C=C/C(=O)N1CCC1. The van der Waals surface area contributed by atoms with Crippen LogP contribution in [0.3, 0.4) is 0 Å². The first-order valence-corrected chi connectivity index (χ1v) is 9.30. The van der Waals surface area contributed by atoms with Gasteiger partial charge >= 0.3 is 0 Å². The molecule has 0 atom stereocenters. The Morgan fingerprint density at radius 1 is 0.857 bits per heavy atom. The molecule has 1 rings (SSSR count). The van der Waals surface area contributed by atoms with Crippen LogP contribution in [0.2, 0.25) is 0 Å². The van der Waals surface area contributed by atoms with Crippen molar-refractivity contribution >= 4 is 5.91 Å². The zero-order valence-corrected chi connectivity index (χ0v) is 14.1. The Hall–Kier alpha value is -0.790. The van der Waals surface area contributed by atoms with Gasteiger partial charge in [-0.15, -0.1) is 0 Å². The number of rotatable bonds is 13. The highest BCUT2D eigenvalue weighted by molar-refractivity contribution is 5.88. The van der Waals surface area contributed by atoms with E-state index in [0.29, 0.717) is 0 Å². The van der Waals surface area contributed by atoms with E-state index in [1.807, 2.05) is 4.90 Å². The Labute approximate surface area is 132 Å². The Bertz CT molecular complexity index is 281.